The van der Waals surface area contributed by atoms with Crippen LogP contribution >= 0.6 is 11.6 Å². The SMILES string of the molecule is CC(C)(C)c1cc(NC(=O)CN(Cc2ccccc2)S(=O)(=O)c2cccc3cccnc23)n(-c2ccccc2Cl)n1. The summed E-state index contributed by atoms with van der Waals surface area (Å²) in [5, 5.41) is 8.76. The second kappa shape index (κ2) is 11.4. The smallest absolute Gasteiger partial charge is 0.246 e. The highest BCUT2D eigenvalue weighted by molar-refractivity contribution is 7.89. The van der Waals surface area contributed by atoms with Crippen LogP contribution in [0.1, 0.15) is 32.0 Å². The summed E-state index contributed by atoms with van der Waals surface area (Å²) in [6.07, 6.45) is 1.55. The van der Waals surface area contributed by atoms with E-state index < -0.39 is 22.5 Å². The molecule has 0 fully saturated rings. The second-order valence-electron chi connectivity index (χ2n) is 10.7. The Hall–Kier alpha value is -4.05. The molecule has 0 radical (unpaired) electrons. The zero-order valence-corrected chi connectivity index (χ0v) is 24.5. The Morgan fingerprint density at radius 1 is 0.951 bits per heavy atom. The van der Waals surface area contributed by atoms with Crippen molar-refractivity contribution in [2.75, 3.05) is 11.9 Å². The molecule has 0 unspecified atom stereocenters. The minimum atomic E-state index is -4.13. The lowest BCUT2D eigenvalue weighted by Crippen LogP contribution is -2.38. The van der Waals surface area contributed by atoms with Gasteiger partial charge in [-0.05, 0) is 29.8 Å². The van der Waals surface area contributed by atoms with Gasteiger partial charge in [0.1, 0.15) is 10.7 Å². The van der Waals surface area contributed by atoms with Gasteiger partial charge in [-0.2, -0.15) is 9.40 Å². The predicted molar refractivity (Wildman–Crippen MR) is 162 cm³/mol. The molecule has 210 valence electrons. The highest BCUT2D eigenvalue weighted by Crippen LogP contribution is 2.30. The molecule has 0 saturated heterocycles. The van der Waals surface area contributed by atoms with Crippen molar-refractivity contribution in [3.05, 3.63) is 113 Å². The summed E-state index contributed by atoms with van der Waals surface area (Å²) < 4.78 is 30.9. The maximum absolute atomic E-state index is 14.1. The first-order valence-corrected chi connectivity index (χ1v) is 14.9. The number of carbonyl (C=O) groups excluding carboxylic acids is 1. The van der Waals surface area contributed by atoms with E-state index in [1.807, 2.05) is 63.2 Å². The van der Waals surface area contributed by atoms with Gasteiger partial charge in [0.15, 0.2) is 0 Å². The topological polar surface area (TPSA) is 97.2 Å². The summed E-state index contributed by atoms with van der Waals surface area (Å²) in [5.74, 6) is -0.136. The van der Waals surface area contributed by atoms with Gasteiger partial charge in [-0.15, -0.1) is 0 Å². The van der Waals surface area contributed by atoms with Crippen LogP contribution in [-0.2, 0) is 26.8 Å². The molecule has 5 rings (SSSR count). The average Bonchev–Trinajstić information content (AvgIpc) is 3.37. The van der Waals surface area contributed by atoms with E-state index in [9.17, 15) is 13.2 Å². The Labute approximate surface area is 244 Å². The van der Waals surface area contributed by atoms with Crippen molar-refractivity contribution >= 4 is 44.3 Å². The molecule has 1 N–H and O–H groups in total. The summed E-state index contributed by atoms with van der Waals surface area (Å²) >= 11 is 6.47. The van der Waals surface area contributed by atoms with E-state index in [0.29, 0.717) is 27.4 Å². The molecule has 0 aliphatic rings. The third kappa shape index (κ3) is 6.17. The van der Waals surface area contributed by atoms with Gasteiger partial charge < -0.3 is 5.32 Å². The van der Waals surface area contributed by atoms with Crippen molar-refractivity contribution in [1.82, 2.24) is 19.1 Å². The number of nitrogens with one attached hydrogen (secondary N) is 1. The summed E-state index contributed by atoms with van der Waals surface area (Å²) in [6, 6.07) is 26.7. The minimum absolute atomic E-state index is 0.00314. The molecule has 0 bridgehead atoms. The second-order valence-corrected chi connectivity index (χ2v) is 13.0. The molecule has 0 spiro atoms. The lowest BCUT2D eigenvalue weighted by Gasteiger charge is -2.22. The maximum atomic E-state index is 14.1. The summed E-state index contributed by atoms with van der Waals surface area (Å²) in [5.41, 5.74) is 2.11. The van der Waals surface area contributed by atoms with Gasteiger partial charge in [-0.25, -0.2) is 13.1 Å². The van der Waals surface area contributed by atoms with Crippen LogP contribution in [0.5, 0.6) is 0 Å². The highest BCUT2D eigenvalue weighted by Gasteiger charge is 2.30. The highest BCUT2D eigenvalue weighted by atomic mass is 35.5. The number of amides is 1. The molecule has 5 aromatic rings. The van der Waals surface area contributed by atoms with E-state index >= 15 is 0 Å². The number of anilines is 1. The summed E-state index contributed by atoms with van der Waals surface area (Å²) in [6.45, 7) is 5.62. The number of sulfonamides is 1. The number of pyridine rings is 1. The number of fused-ring (bicyclic) bond motifs is 1. The van der Waals surface area contributed by atoms with E-state index in [1.165, 1.54) is 10.4 Å². The molecule has 2 aromatic heterocycles. The zero-order chi connectivity index (χ0) is 29.2. The van der Waals surface area contributed by atoms with Crippen LogP contribution in [-0.4, -0.2) is 39.9 Å². The first kappa shape index (κ1) is 28.5. The minimum Gasteiger partial charge on any atom is -0.309 e. The average molecular weight is 588 g/mol. The number of hydrogen-bond donors (Lipinski definition) is 1. The molecule has 0 aliphatic carbocycles. The molecule has 8 nitrogen and oxygen atoms in total. The van der Waals surface area contributed by atoms with Crippen molar-refractivity contribution in [2.45, 2.75) is 37.6 Å². The number of nitrogens with zero attached hydrogens (tertiary/aromatic N) is 4. The number of halogens is 1. The molecule has 41 heavy (non-hydrogen) atoms. The standard InChI is InChI=1S/C31H30ClN5O3S/c1-31(2,3)27-19-28(37(35-27)25-16-8-7-15-24(25)32)34-29(38)21-36(20-22-11-5-4-6-12-22)41(39,40)26-17-9-13-23-14-10-18-33-30(23)26/h4-19H,20-21H2,1-3H3,(H,34,38). The van der Waals surface area contributed by atoms with Gasteiger partial charge in [-0.3, -0.25) is 9.78 Å². The van der Waals surface area contributed by atoms with Crippen LogP contribution in [0.2, 0.25) is 5.02 Å². The lowest BCUT2D eigenvalue weighted by molar-refractivity contribution is -0.116. The zero-order valence-electron chi connectivity index (χ0n) is 23.0. The fourth-order valence-electron chi connectivity index (χ4n) is 4.42. The van der Waals surface area contributed by atoms with Gasteiger partial charge in [-0.1, -0.05) is 93.0 Å². The third-order valence-corrected chi connectivity index (χ3v) is 8.70. The van der Waals surface area contributed by atoms with Crippen LogP contribution in [0.15, 0.2) is 102 Å². The van der Waals surface area contributed by atoms with Gasteiger partial charge >= 0.3 is 0 Å². The van der Waals surface area contributed by atoms with Crippen molar-refractivity contribution in [3.63, 3.8) is 0 Å². The van der Waals surface area contributed by atoms with E-state index in [2.05, 4.69) is 10.3 Å². The molecule has 0 saturated carbocycles. The number of aromatic nitrogens is 3. The van der Waals surface area contributed by atoms with E-state index in [0.717, 1.165) is 11.3 Å². The number of hydrogen-bond acceptors (Lipinski definition) is 5. The molecule has 10 heteroatoms. The summed E-state index contributed by atoms with van der Waals surface area (Å²) in [7, 11) is -4.13. The van der Waals surface area contributed by atoms with E-state index in [1.54, 1.807) is 53.3 Å². The van der Waals surface area contributed by atoms with Gasteiger partial charge in [0.2, 0.25) is 15.9 Å². The number of para-hydroxylation sites is 2. The predicted octanol–water partition coefficient (Wildman–Crippen LogP) is 6.20. The maximum Gasteiger partial charge on any atom is 0.246 e. The third-order valence-electron chi connectivity index (χ3n) is 6.56. The molecule has 1 amide bonds. The number of rotatable bonds is 8. The Kier molecular flexibility index (Phi) is 7.95. The van der Waals surface area contributed by atoms with E-state index in [4.69, 9.17) is 16.7 Å². The normalized spacial score (nSPS) is 12.1. The first-order chi connectivity index (χ1) is 19.5. The van der Waals surface area contributed by atoms with Crippen molar-refractivity contribution in [2.24, 2.45) is 0 Å². The van der Waals surface area contributed by atoms with Gasteiger partial charge in [0, 0.05) is 29.6 Å². The monoisotopic (exact) mass is 587 g/mol. The van der Waals surface area contributed by atoms with Crippen molar-refractivity contribution in [3.8, 4) is 5.69 Å². The largest absolute Gasteiger partial charge is 0.309 e. The molecule has 0 atom stereocenters. The lowest BCUT2D eigenvalue weighted by atomic mass is 9.92. The molecule has 3 aromatic carbocycles. The van der Waals surface area contributed by atoms with Crippen LogP contribution in [0.3, 0.4) is 0 Å². The van der Waals surface area contributed by atoms with Crippen molar-refractivity contribution < 1.29 is 13.2 Å². The van der Waals surface area contributed by atoms with Crippen LogP contribution in [0, 0.1) is 0 Å². The van der Waals surface area contributed by atoms with Crippen LogP contribution in [0.4, 0.5) is 5.82 Å². The number of carbonyl (C=O) groups is 1. The fraction of sp³-hybridized carbons (Fsp3) is 0.194. The Morgan fingerprint density at radius 3 is 2.39 bits per heavy atom. The van der Waals surface area contributed by atoms with Gasteiger partial charge in [0.25, 0.3) is 0 Å². The molecule has 2 heterocycles. The van der Waals surface area contributed by atoms with E-state index in [-0.39, 0.29) is 16.9 Å². The fourth-order valence-corrected chi connectivity index (χ4v) is 6.19. The summed E-state index contributed by atoms with van der Waals surface area (Å²) in [4.78, 5) is 17.9. The Bertz CT molecular complexity index is 1810. The Morgan fingerprint density at radius 2 is 1.66 bits per heavy atom. The van der Waals surface area contributed by atoms with Crippen molar-refractivity contribution in [1.29, 1.82) is 0 Å². The quantitative estimate of drug-likeness (QED) is 0.233. The molecule has 0 aliphatic heterocycles. The van der Waals surface area contributed by atoms with Crippen LogP contribution in [0.25, 0.3) is 16.6 Å². The Balaban J connectivity index is 1.51. The van der Waals surface area contributed by atoms with Gasteiger partial charge in [0.05, 0.1) is 28.5 Å². The number of benzene rings is 3. The molecular formula is C31H30ClN5O3S. The molecular weight excluding hydrogens is 558 g/mol. The first-order valence-electron chi connectivity index (χ1n) is 13.1. The van der Waals surface area contributed by atoms with Crippen LogP contribution < -0.4 is 5.32 Å².